The largest absolute Gasteiger partial charge is 0.388 e. The molecule has 2 N–H and O–H groups in total. The third-order valence-corrected chi connectivity index (χ3v) is 4.26. The molecule has 0 saturated carbocycles. The molecule has 1 atom stereocenters. The molecular formula is C16H15Cl2NO. The number of fused-ring (bicyclic) bond motifs is 1. The van der Waals surface area contributed by atoms with Crippen molar-refractivity contribution in [1.29, 1.82) is 0 Å². The van der Waals surface area contributed by atoms with Crippen LogP contribution >= 0.6 is 23.2 Å². The van der Waals surface area contributed by atoms with Gasteiger partial charge in [-0.2, -0.15) is 0 Å². The summed E-state index contributed by atoms with van der Waals surface area (Å²) in [7, 11) is 0. The summed E-state index contributed by atoms with van der Waals surface area (Å²) in [6.07, 6.45) is 0.872. The number of nitrogens with one attached hydrogen (secondary N) is 1. The van der Waals surface area contributed by atoms with E-state index in [2.05, 4.69) is 11.4 Å². The highest BCUT2D eigenvalue weighted by Crippen LogP contribution is 2.33. The standard InChI is InChI=1S/C16H15Cl2NO/c17-12-4-5-14(18)11(8-12)9-15(20)13-3-1-2-10-6-7-19-16(10)13/h1-5,8,15,19-20H,6-7,9H2. The van der Waals surface area contributed by atoms with Crippen LogP contribution in [0, 0.1) is 0 Å². The van der Waals surface area contributed by atoms with Gasteiger partial charge in [-0.25, -0.2) is 0 Å². The van der Waals surface area contributed by atoms with E-state index in [0.717, 1.165) is 29.8 Å². The molecule has 1 heterocycles. The highest BCUT2D eigenvalue weighted by molar-refractivity contribution is 6.33. The summed E-state index contributed by atoms with van der Waals surface area (Å²) < 4.78 is 0. The van der Waals surface area contributed by atoms with E-state index >= 15 is 0 Å². The zero-order valence-corrected chi connectivity index (χ0v) is 12.4. The zero-order chi connectivity index (χ0) is 14.1. The van der Waals surface area contributed by atoms with Gasteiger partial charge in [-0.05, 0) is 35.7 Å². The van der Waals surface area contributed by atoms with Gasteiger partial charge >= 0.3 is 0 Å². The van der Waals surface area contributed by atoms with Crippen molar-refractivity contribution in [2.75, 3.05) is 11.9 Å². The highest BCUT2D eigenvalue weighted by atomic mass is 35.5. The smallest absolute Gasteiger partial charge is 0.0850 e. The summed E-state index contributed by atoms with van der Waals surface area (Å²) in [5, 5.41) is 15.1. The number of halogens is 2. The molecule has 0 saturated heterocycles. The van der Waals surface area contributed by atoms with Gasteiger partial charge in [-0.1, -0.05) is 41.4 Å². The van der Waals surface area contributed by atoms with E-state index < -0.39 is 6.10 Å². The number of para-hydroxylation sites is 1. The van der Waals surface area contributed by atoms with Gasteiger partial charge in [-0.3, -0.25) is 0 Å². The Morgan fingerprint density at radius 3 is 2.90 bits per heavy atom. The van der Waals surface area contributed by atoms with E-state index in [1.54, 1.807) is 12.1 Å². The molecule has 0 bridgehead atoms. The lowest BCUT2D eigenvalue weighted by atomic mass is 9.98. The van der Waals surface area contributed by atoms with Crippen LogP contribution in [0.2, 0.25) is 10.0 Å². The van der Waals surface area contributed by atoms with Crippen LogP contribution < -0.4 is 5.32 Å². The van der Waals surface area contributed by atoms with E-state index in [-0.39, 0.29) is 0 Å². The molecule has 0 aliphatic carbocycles. The van der Waals surface area contributed by atoms with Gasteiger partial charge in [0.2, 0.25) is 0 Å². The van der Waals surface area contributed by atoms with Gasteiger partial charge in [0.05, 0.1) is 6.10 Å². The van der Waals surface area contributed by atoms with Crippen LogP contribution in [0.15, 0.2) is 36.4 Å². The summed E-state index contributed by atoms with van der Waals surface area (Å²) in [4.78, 5) is 0. The first-order valence-electron chi connectivity index (χ1n) is 6.63. The Labute approximate surface area is 128 Å². The normalized spacial score (nSPS) is 14.8. The Kier molecular flexibility index (Phi) is 3.88. The molecule has 2 aromatic carbocycles. The summed E-state index contributed by atoms with van der Waals surface area (Å²) in [5.41, 5.74) is 4.12. The predicted molar refractivity (Wildman–Crippen MR) is 83.8 cm³/mol. The predicted octanol–water partition coefficient (Wildman–Crippen LogP) is 4.24. The maximum absolute atomic E-state index is 10.5. The molecule has 3 rings (SSSR count). The van der Waals surface area contributed by atoms with E-state index in [1.165, 1.54) is 5.56 Å². The Morgan fingerprint density at radius 2 is 2.05 bits per heavy atom. The van der Waals surface area contributed by atoms with Crippen LogP contribution in [0.4, 0.5) is 5.69 Å². The number of hydrogen-bond acceptors (Lipinski definition) is 2. The molecule has 1 aliphatic rings. The van der Waals surface area contributed by atoms with Gasteiger partial charge in [-0.15, -0.1) is 0 Å². The second-order valence-electron chi connectivity index (χ2n) is 5.01. The molecule has 1 aliphatic heterocycles. The van der Waals surface area contributed by atoms with Crippen LogP contribution in [-0.4, -0.2) is 11.7 Å². The molecule has 0 radical (unpaired) electrons. The van der Waals surface area contributed by atoms with Crippen molar-refractivity contribution in [3.8, 4) is 0 Å². The second kappa shape index (κ2) is 5.65. The first-order valence-corrected chi connectivity index (χ1v) is 7.38. The average Bonchev–Trinajstić information content (AvgIpc) is 2.91. The Bertz CT molecular complexity index is 642. The van der Waals surface area contributed by atoms with Crippen LogP contribution in [0.25, 0.3) is 0 Å². The Balaban J connectivity index is 1.88. The fourth-order valence-corrected chi connectivity index (χ4v) is 3.05. The van der Waals surface area contributed by atoms with Crippen LogP contribution in [0.3, 0.4) is 0 Å². The van der Waals surface area contributed by atoms with Crippen molar-refractivity contribution in [2.45, 2.75) is 18.9 Å². The molecule has 20 heavy (non-hydrogen) atoms. The number of anilines is 1. The van der Waals surface area contributed by atoms with Crippen molar-refractivity contribution in [3.63, 3.8) is 0 Å². The lowest BCUT2D eigenvalue weighted by molar-refractivity contribution is 0.179. The fourth-order valence-electron chi connectivity index (χ4n) is 2.66. The van der Waals surface area contributed by atoms with Crippen LogP contribution in [0.1, 0.15) is 22.8 Å². The van der Waals surface area contributed by atoms with Crippen LogP contribution in [0.5, 0.6) is 0 Å². The monoisotopic (exact) mass is 307 g/mol. The summed E-state index contributed by atoms with van der Waals surface area (Å²) in [5.74, 6) is 0. The maximum Gasteiger partial charge on any atom is 0.0850 e. The van der Waals surface area contributed by atoms with Gasteiger partial charge in [0.25, 0.3) is 0 Å². The summed E-state index contributed by atoms with van der Waals surface area (Å²) >= 11 is 12.1. The van der Waals surface area contributed by atoms with Crippen LogP contribution in [-0.2, 0) is 12.8 Å². The molecule has 1 unspecified atom stereocenters. The maximum atomic E-state index is 10.5. The highest BCUT2D eigenvalue weighted by Gasteiger charge is 2.19. The molecule has 2 nitrogen and oxygen atoms in total. The Morgan fingerprint density at radius 1 is 1.20 bits per heavy atom. The zero-order valence-electron chi connectivity index (χ0n) is 10.9. The van der Waals surface area contributed by atoms with Gasteiger partial charge in [0.15, 0.2) is 0 Å². The third-order valence-electron chi connectivity index (χ3n) is 3.66. The minimum absolute atomic E-state index is 0.456. The van der Waals surface area contributed by atoms with E-state index in [1.807, 2.05) is 18.2 Å². The van der Waals surface area contributed by atoms with Crippen molar-refractivity contribution in [3.05, 3.63) is 63.1 Å². The minimum atomic E-state index is -0.591. The van der Waals surface area contributed by atoms with Gasteiger partial charge in [0.1, 0.15) is 0 Å². The number of benzene rings is 2. The number of aliphatic hydroxyl groups is 1. The fraction of sp³-hybridized carbons (Fsp3) is 0.250. The van der Waals surface area contributed by atoms with Gasteiger partial charge < -0.3 is 10.4 Å². The number of rotatable bonds is 3. The Hall–Kier alpha value is -1.22. The SMILES string of the molecule is OC(Cc1cc(Cl)ccc1Cl)c1cccc2c1NCC2. The molecule has 0 aromatic heterocycles. The molecule has 0 fully saturated rings. The molecule has 0 spiro atoms. The van der Waals surface area contributed by atoms with E-state index in [9.17, 15) is 5.11 Å². The number of aliphatic hydroxyl groups excluding tert-OH is 1. The molecule has 104 valence electrons. The lowest BCUT2D eigenvalue weighted by Gasteiger charge is -2.16. The van der Waals surface area contributed by atoms with Crippen molar-refractivity contribution >= 4 is 28.9 Å². The topological polar surface area (TPSA) is 32.3 Å². The van der Waals surface area contributed by atoms with Crippen molar-refractivity contribution < 1.29 is 5.11 Å². The molecule has 4 heteroatoms. The van der Waals surface area contributed by atoms with Crippen molar-refractivity contribution in [1.82, 2.24) is 0 Å². The summed E-state index contributed by atoms with van der Waals surface area (Å²) in [6.45, 7) is 0.928. The number of hydrogen-bond donors (Lipinski definition) is 2. The second-order valence-corrected chi connectivity index (χ2v) is 5.86. The molecular weight excluding hydrogens is 293 g/mol. The molecule has 0 amide bonds. The van der Waals surface area contributed by atoms with Gasteiger partial charge in [0, 0.05) is 34.3 Å². The molecule has 2 aromatic rings. The lowest BCUT2D eigenvalue weighted by Crippen LogP contribution is -2.05. The average molecular weight is 308 g/mol. The first kappa shape index (κ1) is 13.7. The third kappa shape index (κ3) is 2.64. The first-order chi connectivity index (χ1) is 9.65. The quantitative estimate of drug-likeness (QED) is 0.889. The minimum Gasteiger partial charge on any atom is -0.388 e. The van der Waals surface area contributed by atoms with E-state index in [4.69, 9.17) is 23.2 Å². The summed E-state index contributed by atoms with van der Waals surface area (Å²) in [6, 6.07) is 11.4. The van der Waals surface area contributed by atoms with E-state index in [0.29, 0.717) is 16.5 Å². The van der Waals surface area contributed by atoms with Crippen molar-refractivity contribution in [2.24, 2.45) is 0 Å².